The van der Waals surface area contributed by atoms with Crippen LogP contribution in [0.15, 0.2) is 217 Å². The van der Waals surface area contributed by atoms with Crippen molar-refractivity contribution in [3.8, 4) is 47.5 Å². The van der Waals surface area contributed by atoms with Gasteiger partial charge in [-0.1, -0.05) is 108 Å². The van der Waals surface area contributed by atoms with E-state index in [4.69, 9.17) is 59.8 Å². The number of nitrogens with zero attached hydrogens (tertiary/aromatic N) is 27. The van der Waals surface area contributed by atoms with Crippen LogP contribution >= 0.6 is 11.3 Å². The summed E-state index contributed by atoms with van der Waals surface area (Å²) in [5, 5.41) is 34.4. The monoisotopic (exact) mass is 1630 g/mol. The van der Waals surface area contributed by atoms with E-state index in [-0.39, 0.29) is 10.8 Å². The second-order valence-electron chi connectivity index (χ2n) is 33.1. The van der Waals surface area contributed by atoms with Gasteiger partial charge in [0, 0.05) is 136 Å². The van der Waals surface area contributed by atoms with Crippen LogP contribution in [0.3, 0.4) is 0 Å². The smallest absolute Gasteiger partial charge is 0.256 e. The molecule has 122 heavy (non-hydrogen) atoms. The molecular weight excluding hydrogens is 1540 g/mol. The van der Waals surface area contributed by atoms with Gasteiger partial charge >= 0.3 is 0 Å². The molecule has 6 aliphatic rings. The number of rotatable bonds is 11. The van der Waals surface area contributed by atoms with Gasteiger partial charge in [-0.3, -0.25) is 0 Å². The van der Waals surface area contributed by atoms with Crippen molar-refractivity contribution in [2.45, 2.75) is 125 Å². The first-order valence-corrected chi connectivity index (χ1v) is 41.2. The van der Waals surface area contributed by atoms with Gasteiger partial charge in [-0.05, 0) is 206 Å². The number of hydrogen-bond acceptors (Lipinski definition) is 22. The molecule has 0 amide bonds. The van der Waals surface area contributed by atoms with Gasteiger partial charge in [0.15, 0.2) is 17.5 Å². The molecule has 28 heteroatoms. The fraction of sp³-hybridized carbons (Fsp3) is 0.255. The number of benzene rings is 3. The molecule has 3 aromatic carbocycles. The number of likely N-dealkylation sites (N-methyl/N-ethyl adjacent to an activating group) is 3. The van der Waals surface area contributed by atoms with Crippen LogP contribution in [0.1, 0.15) is 144 Å². The summed E-state index contributed by atoms with van der Waals surface area (Å²) in [5.74, 6) is 13.4. The third-order valence-electron chi connectivity index (χ3n) is 22.2. The Morgan fingerprint density at radius 3 is 0.992 bits per heavy atom. The van der Waals surface area contributed by atoms with E-state index >= 15 is 0 Å². The minimum Gasteiger partial charge on any atom is -0.335 e. The van der Waals surface area contributed by atoms with E-state index in [1.165, 1.54) is 33.0 Å². The summed E-state index contributed by atoms with van der Waals surface area (Å²) >= 11 is 1.70. The molecule has 0 N–H and O–H groups in total. The predicted octanol–water partition coefficient (Wildman–Crippen LogP) is 16.6. The van der Waals surface area contributed by atoms with Crippen LogP contribution < -0.4 is 0 Å². The minimum atomic E-state index is -0.402. The van der Waals surface area contributed by atoms with Crippen LogP contribution in [0.5, 0.6) is 0 Å². The normalized spacial score (nSPS) is 17.0. The summed E-state index contributed by atoms with van der Waals surface area (Å²) in [7, 11) is 6.10. The van der Waals surface area contributed by atoms with Crippen molar-refractivity contribution in [3.63, 3.8) is 0 Å². The number of aromatic nitrogens is 21. The first-order valence-electron chi connectivity index (χ1n) is 40.3. The van der Waals surface area contributed by atoms with Crippen molar-refractivity contribution in [1.29, 1.82) is 0 Å². The maximum Gasteiger partial charge on any atom is 0.256 e. The van der Waals surface area contributed by atoms with Crippen molar-refractivity contribution in [2.75, 3.05) is 21.1 Å². The van der Waals surface area contributed by atoms with Crippen molar-refractivity contribution in [3.05, 3.63) is 305 Å². The molecule has 0 saturated carbocycles. The van der Waals surface area contributed by atoms with E-state index in [1.807, 2.05) is 193 Å². The topological polar surface area (TPSA) is 270 Å². The number of aryl methyl sites for hydroxylation is 12. The van der Waals surface area contributed by atoms with Crippen molar-refractivity contribution < 1.29 is 0 Å². The summed E-state index contributed by atoms with van der Waals surface area (Å²) in [5.41, 5.74) is 22.5. The molecule has 0 aliphatic carbocycles. The van der Waals surface area contributed by atoms with Crippen molar-refractivity contribution in [2.24, 2.45) is 31.2 Å². The van der Waals surface area contributed by atoms with Crippen LogP contribution in [0.25, 0.3) is 75.8 Å². The SMILES string of the molecule is Cc1cc(C)n(-c2nc(/C=C3\N=C4C(=CC(C#Cc5ccccc5)=CN4C)C3(C)C)nc(-n3nc(C)cc3C)n2)n1.Cc1cc(C)n(-c2nc(/C=C3\N=C4C(=CC(c5ccc6ccccc6c5)=CN4C)C3(C)C)nc(-n3nc(C)cc3C)n2)n1.Cc1cc(C)n(-c2nc(/C=C3\N=C4C(=CC(c5ccsc5)=CN4C)C3(C)C)nc(-n3nc(C)cc3C)n2)n1. The lowest BCUT2D eigenvalue weighted by Crippen LogP contribution is -2.28. The Bertz CT molecular complexity index is 6740. The van der Waals surface area contributed by atoms with Crippen molar-refractivity contribution >= 4 is 69.0 Å². The van der Waals surface area contributed by atoms with Crippen LogP contribution in [0.4, 0.5) is 0 Å². The molecule has 0 fully saturated rings. The molecule has 0 atom stereocenters. The van der Waals surface area contributed by atoms with Crippen LogP contribution in [-0.2, 0) is 0 Å². The lowest BCUT2D eigenvalue weighted by atomic mass is 9.80. The molecule has 16 heterocycles. The fourth-order valence-corrected chi connectivity index (χ4v) is 16.5. The maximum atomic E-state index is 5.11. The van der Waals surface area contributed by atoms with E-state index in [1.54, 1.807) is 39.4 Å². The number of allylic oxidation sites excluding steroid dienone is 9. The Hall–Kier alpha value is -14.5. The number of thiophene rings is 1. The Morgan fingerprint density at radius 2 is 0.656 bits per heavy atom. The van der Waals surface area contributed by atoms with Crippen LogP contribution in [0.2, 0.25) is 0 Å². The van der Waals surface area contributed by atoms with Gasteiger partial charge in [-0.2, -0.15) is 86.8 Å². The van der Waals surface area contributed by atoms with E-state index < -0.39 is 5.41 Å². The summed E-state index contributed by atoms with van der Waals surface area (Å²) in [6.45, 7) is 36.7. The average Bonchev–Trinajstić information content (AvgIpc) is 1.60. The first kappa shape index (κ1) is 80.0. The second kappa shape index (κ2) is 31.0. The molecule has 27 nitrogen and oxygen atoms in total. The standard InChI is InChI=1S/C34H33N9.C32H31N9.C28H29N9S/c1-20-14-22(3)42(39-20)32-36-30(37-33(38-32)43-23(4)15-21(2)40-43)18-29-34(5,6)28-17-27(19-41(7)31(28)35-29)26-13-12-24-10-8-9-11-25(24)16-26;1-20-15-22(3)40(37-20)30-34-28(35-31(36-30)41-23(4)16-21(2)38-41)18-27-32(5,6)26-17-25(19-39(7)29(26)33-27)14-13-24-11-9-8-10-12-24;1-16-10-18(3)36(33-16)26-30-24(31-27(32-26)37-19(4)11-17(2)34-37)13-23-28(5,6)22-12-21(20-8-9-38-15-20)14-35(7)25(22)29-23/h8-19H,1-7H3;8-12,15-19H,1-7H3;8-15H,1-7H3/b29-18-;27-18-;23-13-. The van der Waals surface area contributed by atoms with Gasteiger partial charge in [0.25, 0.3) is 35.7 Å². The minimum absolute atomic E-state index is 0.345. The van der Waals surface area contributed by atoms with Gasteiger partial charge in [0.05, 0.1) is 51.3 Å². The fourth-order valence-electron chi connectivity index (χ4n) is 15.8. The summed E-state index contributed by atoms with van der Waals surface area (Å²) in [4.78, 5) is 64.6. The lowest BCUT2D eigenvalue weighted by molar-refractivity contribution is 0.565. The Morgan fingerprint density at radius 1 is 0.328 bits per heavy atom. The van der Waals surface area contributed by atoms with E-state index in [9.17, 15) is 0 Å². The highest BCUT2D eigenvalue weighted by molar-refractivity contribution is 7.08. The molecule has 0 saturated heterocycles. The van der Waals surface area contributed by atoms with Crippen molar-refractivity contribution in [1.82, 2.24) is 118 Å². The molecule has 6 aliphatic heterocycles. The van der Waals surface area contributed by atoms with Gasteiger partial charge in [0.1, 0.15) is 17.5 Å². The van der Waals surface area contributed by atoms with E-state index in [2.05, 4.69) is 191 Å². The summed E-state index contributed by atoms with van der Waals surface area (Å²) in [6, 6.07) is 39.2. The van der Waals surface area contributed by atoms with Gasteiger partial charge < -0.3 is 14.7 Å². The molecule has 19 rings (SSSR count). The molecule has 0 bridgehead atoms. The number of aliphatic imine (C=N–C) groups is 3. The number of hydrogen-bond donors (Lipinski definition) is 0. The maximum absolute atomic E-state index is 5.11. The summed E-state index contributed by atoms with van der Waals surface area (Å²) in [6.07, 6.45) is 18.8. The highest BCUT2D eigenvalue weighted by atomic mass is 32.1. The van der Waals surface area contributed by atoms with E-state index in [0.29, 0.717) is 53.2 Å². The Balaban J connectivity index is 0.000000130. The Kier molecular flexibility index (Phi) is 20.3. The third-order valence-corrected chi connectivity index (χ3v) is 22.9. The quantitative estimate of drug-likeness (QED) is 0.109. The molecule has 13 aromatic rings. The molecule has 0 unspecified atom stereocenters. The molecular formula is C94H93N27S. The first-order chi connectivity index (χ1) is 58.2. The highest BCUT2D eigenvalue weighted by Gasteiger charge is 2.44. The summed E-state index contributed by atoms with van der Waals surface area (Å²) < 4.78 is 10.4. The molecule has 0 radical (unpaired) electrons. The lowest BCUT2D eigenvalue weighted by Gasteiger charge is -2.28. The second-order valence-corrected chi connectivity index (χ2v) is 33.9. The van der Waals surface area contributed by atoms with Crippen LogP contribution in [0, 0.1) is 111 Å². The highest BCUT2D eigenvalue weighted by Crippen LogP contribution is 2.49. The third kappa shape index (κ3) is 15.4. The average molecular weight is 1630 g/mol. The largest absolute Gasteiger partial charge is 0.335 e. The zero-order valence-corrected chi connectivity index (χ0v) is 73.1. The zero-order chi connectivity index (χ0) is 85.7. The van der Waals surface area contributed by atoms with Gasteiger partial charge in [-0.25, -0.2) is 43.1 Å². The van der Waals surface area contributed by atoms with E-state index in [0.717, 1.165) is 131 Å². The van der Waals surface area contributed by atoms with Gasteiger partial charge in [0.2, 0.25) is 0 Å². The van der Waals surface area contributed by atoms with Gasteiger partial charge in [-0.15, -0.1) is 0 Å². The number of fused-ring (bicyclic) bond motifs is 4. The van der Waals surface area contributed by atoms with Crippen LogP contribution in [-0.4, -0.2) is 157 Å². The molecule has 0 spiro atoms. The number of amidine groups is 3. The zero-order valence-electron chi connectivity index (χ0n) is 72.3. The predicted molar refractivity (Wildman–Crippen MR) is 480 cm³/mol. The molecule has 610 valence electrons. The molecule has 10 aromatic heterocycles. The Labute approximate surface area is 712 Å².